The van der Waals surface area contributed by atoms with Crippen LogP contribution in [0.3, 0.4) is 0 Å². The van der Waals surface area contributed by atoms with Crippen molar-refractivity contribution in [1.82, 2.24) is 5.32 Å². The number of carbonyl (C=O) groups excluding carboxylic acids is 2. The van der Waals surface area contributed by atoms with Crippen molar-refractivity contribution in [3.05, 3.63) is 109 Å². The summed E-state index contributed by atoms with van der Waals surface area (Å²) in [5.74, 6) is -1.26. The number of ether oxygens (including phenoxy) is 3. The standard InChI is InChI=1S/C64H107NO10/c1-4-7-10-13-16-19-22-25-27-28-29-30-31-34-37-40-43-46-49-52-59(69)75-62-61(71)60(70)58(53-66)74-64(62)73-54-55(56(67)50-47-44-41-38-35-32-24-21-18-15-12-9-6-3)65-63(72)57(68)51-48-45-42-39-36-33-26-23-20-17-14-11-8-5-2/h8,11,14,16-17,19-20,23,25-27,29-30,33,36,39,47,50,55-58,60-62,64,66-68,70-71H,4-7,9-10,12-13,15,18,21-22,24,28,31-32,34-35,37-38,40-46,48-49,51-54H2,1-3H3,(H,65,72)/b11-8+,17-14+,19-16-,23-20-,27-25-,30-29-,33-26-,39-36+,50-47+. The van der Waals surface area contributed by atoms with Crippen LogP contribution in [0.1, 0.15) is 220 Å². The SMILES string of the molecule is CC/C=C/C=C/C=C\C=C/C=C/CCCCC(O)C(=O)NC(COC1OC(CO)C(O)C(O)C1OC(=O)CCCCCCCC/C=C\C/C=C\C/C=C\CCCCC)C(O)/C=C/CCCCCCCCCCCCC. The lowest BCUT2D eigenvalue weighted by molar-refractivity contribution is -0.305. The third-order valence-corrected chi connectivity index (χ3v) is 13.3. The highest BCUT2D eigenvalue weighted by Crippen LogP contribution is 2.26. The van der Waals surface area contributed by atoms with Gasteiger partial charge in [0, 0.05) is 6.42 Å². The maximum absolute atomic E-state index is 13.4. The van der Waals surface area contributed by atoms with E-state index in [2.05, 4.69) is 68.6 Å². The Bertz CT molecular complexity index is 1630. The predicted molar refractivity (Wildman–Crippen MR) is 310 cm³/mol. The van der Waals surface area contributed by atoms with E-state index in [4.69, 9.17) is 14.2 Å². The van der Waals surface area contributed by atoms with Gasteiger partial charge in [0.15, 0.2) is 12.4 Å². The smallest absolute Gasteiger partial charge is 0.306 e. The fourth-order valence-corrected chi connectivity index (χ4v) is 8.56. The first-order valence-corrected chi connectivity index (χ1v) is 29.7. The summed E-state index contributed by atoms with van der Waals surface area (Å²) >= 11 is 0. The van der Waals surface area contributed by atoms with Crippen molar-refractivity contribution in [1.29, 1.82) is 0 Å². The van der Waals surface area contributed by atoms with Gasteiger partial charge in [-0.2, -0.15) is 0 Å². The Morgan fingerprint density at radius 3 is 1.59 bits per heavy atom. The molecule has 0 aromatic rings. The monoisotopic (exact) mass is 1050 g/mol. The van der Waals surface area contributed by atoms with Crippen LogP contribution in [0.2, 0.25) is 0 Å². The number of amides is 1. The summed E-state index contributed by atoms with van der Waals surface area (Å²) in [6.07, 6.45) is 58.4. The van der Waals surface area contributed by atoms with Crippen LogP contribution in [0, 0.1) is 0 Å². The Morgan fingerprint density at radius 2 is 1.01 bits per heavy atom. The van der Waals surface area contributed by atoms with Crippen molar-refractivity contribution in [2.45, 2.75) is 269 Å². The molecule has 0 aliphatic carbocycles. The molecule has 75 heavy (non-hydrogen) atoms. The van der Waals surface area contributed by atoms with Gasteiger partial charge in [-0.05, 0) is 83.5 Å². The van der Waals surface area contributed by atoms with Crippen molar-refractivity contribution in [2.24, 2.45) is 0 Å². The van der Waals surface area contributed by atoms with E-state index in [0.717, 1.165) is 96.3 Å². The minimum atomic E-state index is -1.63. The zero-order valence-electron chi connectivity index (χ0n) is 47.1. The molecule has 0 spiro atoms. The van der Waals surface area contributed by atoms with E-state index in [0.29, 0.717) is 12.8 Å². The summed E-state index contributed by atoms with van der Waals surface area (Å²) < 4.78 is 17.6. The van der Waals surface area contributed by atoms with Crippen molar-refractivity contribution in [2.75, 3.05) is 13.2 Å². The Labute approximate surface area is 456 Å². The van der Waals surface area contributed by atoms with E-state index in [-0.39, 0.29) is 19.4 Å². The topological polar surface area (TPSA) is 175 Å². The molecule has 11 nitrogen and oxygen atoms in total. The van der Waals surface area contributed by atoms with Gasteiger partial charge in [-0.25, -0.2) is 0 Å². The number of hydrogen-bond acceptors (Lipinski definition) is 10. The second-order valence-electron chi connectivity index (χ2n) is 20.1. The lowest BCUT2D eigenvalue weighted by Crippen LogP contribution is -2.61. The fourth-order valence-electron chi connectivity index (χ4n) is 8.56. The first-order valence-electron chi connectivity index (χ1n) is 29.7. The fraction of sp³-hybridized carbons (Fsp3) is 0.688. The Balaban J connectivity index is 2.76. The molecular formula is C64H107NO10. The summed E-state index contributed by atoms with van der Waals surface area (Å²) in [5, 5.41) is 56.8. The van der Waals surface area contributed by atoms with Gasteiger partial charge in [0.1, 0.15) is 24.4 Å². The summed E-state index contributed by atoms with van der Waals surface area (Å²) in [7, 11) is 0. The van der Waals surface area contributed by atoms with Gasteiger partial charge in [-0.1, -0.05) is 239 Å². The first kappa shape index (κ1) is 69.3. The van der Waals surface area contributed by atoms with Crippen LogP contribution in [0.25, 0.3) is 0 Å². The predicted octanol–water partition coefficient (Wildman–Crippen LogP) is 13.7. The zero-order chi connectivity index (χ0) is 54.7. The second kappa shape index (κ2) is 51.1. The molecule has 11 heteroatoms. The molecule has 1 saturated heterocycles. The van der Waals surface area contributed by atoms with E-state index in [1.54, 1.807) is 6.08 Å². The van der Waals surface area contributed by atoms with Crippen molar-refractivity contribution < 1.29 is 49.3 Å². The number of esters is 1. The molecule has 1 rings (SSSR count). The van der Waals surface area contributed by atoms with Gasteiger partial charge in [0.05, 0.1) is 25.4 Å². The molecule has 8 atom stereocenters. The maximum Gasteiger partial charge on any atom is 0.306 e. The second-order valence-corrected chi connectivity index (χ2v) is 20.1. The van der Waals surface area contributed by atoms with E-state index in [9.17, 15) is 35.1 Å². The van der Waals surface area contributed by atoms with Gasteiger partial charge >= 0.3 is 5.97 Å². The molecule has 0 aromatic heterocycles. The number of nitrogens with one attached hydrogen (secondary N) is 1. The minimum Gasteiger partial charge on any atom is -0.454 e. The molecule has 1 aliphatic heterocycles. The number of hydrogen-bond donors (Lipinski definition) is 6. The molecular weight excluding hydrogens is 943 g/mol. The number of rotatable bonds is 48. The lowest BCUT2D eigenvalue weighted by atomic mass is 9.99. The van der Waals surface area contributed by atoms with E-state index in [1.807, 2.05) is 60.8 Å². The molecule has 1 fully saturated rings. The Hall–Kier alpha value is -3.68. The average molecular weight is 1050 g/mol. The van der Waals surface area contributed by atoms with Crippen molar-refractivity contribution in [3.63, 3.8) is 0 Å². The molecule has 1 amide bonds. The molecule has 0 aromatic carbocycles. The maximum atomic E-state index is 13.4. The minimum absolute atomic E-state index is 0.0974. The summed E-state index contributed by atoms with van der Waals surface area (Å²) in [6.45, 7) is 5.56. The van der Waals surface area contributed by atoms with Crippen LogP contribution in [-0.4, -0.2) is 99.6 Å². The van der Waals surface area contributed by atoms with Gasteiger partial charge in [-0.3, -0.25) is 9.59 Å². The van der Waals surface area contributed by atoms with Crippen LogP contribution in [-0.2, 0) is 23.8 Å². The van der Waals surface area contributed by atoms with Gasteiger partial charge in [0.2, 0.25) is 5.91 Å². The third-order valence-electron chi connectivity index (χ3n) is 13.3. The molecule has 6 N–H and O–H groups in total. The largest absolute Gasteiger partial charge is 0.454 e. The van der Waals surface area contributed by atoms with Crippen molar-refractivity contribution in [3.8, 4) is 0 Å². The number of aliphatic hydroxyl groups excluding tert-OH is 5. The van der Waals surface area contributed by atoms with Gasteiger partial charge in [0.25, 0.3) is 0 Å². The highest BCUT2D eigenvalue weighted by Gasteiger charge is 2.47. The highest BCUT2D eigenvalue weighted by molar-refractivity contribution is 5.80. The number of unbranched alkanes of at least 4 members (excludes halogenated alkanes) is 22. The van der Waals surface area contributed by atoms with Crippen LogP contribution in [0.5, 0.6) is 0 Å². The van der Waals surface area contributed by atoms with E-state index in [1.165, 1.54) is 77.0 Å². The Kier molecular flexibility index (Phi) is 47.2. The van der Waals surface area contributed by atoms with E-state index < -0.39 is 67.4 Å². The summed E-state index contributed by atoms with van der Waals surface area (Å²) in [5.41, 5.74) is 0. The molecule has 428 valence electrons. The Morgan fingerprint density at radius 1 is 0.547 bits per heavy atom. The number of carbonyl (C=O) groups is 2. The molecule has 0 saturated carbocycles. The van der Waals surface area contributed by atoms with Gasteiger partial charge < -0.3 is 45.1 Å². The molecule has 0 radical (unpaired) electrons. The summed E-state index contributed by atoms with van der Waals surface area (Å²) in [4.78, 5) is 26.5. The quantitative estimate of drug-likeness (QED) is 0.0149. The highest BCUT2D eigenvalue weighted by atomic mass is 16.7. The molecule has 8 unspecified atom stereocenters. The van der Waals surface area contributed by atoms with Crippen LogP contribution in [0.4, 0.5) is 0 Å². The third kappa shape index (κ3) is 39.4. The number of allylic oxidation sites excluding steroid dienone is 17. The van der Waals surface area contributed by atoms with Crippen LogP contribution < -0.4 is 5.32 Å². The van der Waals surface area contributed by atoms with Crippen LogP contribution in [0.15, 0.2) is 109 Å². The van der Waals surface area contributed by atoms with Crippen molar-refractivity contribution >= 4 is 11.9 Å². The first-order chi connectivity index (χ1) is 36.7. The molecule has 0 bridgehead atoms. The number of aliphatic hydroxyl groups is 5. The van der Waals surface area contributed by atoms with Crippen LogP contribution >= 0.6 is 0 Å². The normalized spacial score (nSPS) is 20.0. The van der Waals surface area contributed by atoms with Gasteiger partial charge in [-0.15, -0.1) is 0 Å². The molecule has 1 heterocycles. The lowest BCUT2D eigenvalue weighted by Gasteiger charge is -2.41. The summed E-state index contributed by atoms with van der Waals surface area (Å²) in [6, 6.07) is -1.06. The molecule has 1 aliphatic rings. The zero-order valence-corrected chi connectivity index (χ0v) is 47.1. The average Bonchev–Trinajstić information content (AvgIpc) is 3.41. The van der Waals surface area contributed by atoms with E-state index >= 15 is 0 Å².